The molecule has 0 saturated carbocycles. The summed E-state index contributed by atoms with van der Waals surface area (Å²) >= 11 is 1.65. The van der Waals surface area contributed by atoms with Gasteiger partial charge >= 0.3 is 0 Å². The first-order valence-corrected chi connectivity index (χ1v) is 3.41. The highest BCUT2D eigenvalue weighted by molar-refractivity contribution is 7.17. The van der Waals surface area contributed by atoms with Crippen LogP contribution in [-0.2, 0) is 0 Å². The van der Waals surface area contributed by atoms with Gasteiger partial charge in [-0.25, -0.2) is 0 Å². The minimum absolute atomic E-state index is 1.05. The lowest BCUT2D eigenvalue weighted by molar-refractivity contribution is 1.05. The van der Waals surface area contributed by atoms with Crippen LogP contribution in [0, 0.1) is 6.20 Å². The highest BCUT2D eigenvalue weighted by Crippen LogP contribution is 2.16. The molecule has 43 valence electrons. The quantitative estimate of drug-likeness (QED) is 0.547. The summed E-state index contributed by atoms with van der Waals surface area (Å²) in [5, 5.41) is 10.4. The molecule has 0 saturated heterocycles. The highest BCUT2D eigenvalue weighted by Gasteiger charge is 1.90. The van der Waals surface area contributed by atoms with Crippen molar-refractivity contribution in [1.29, 1.82) is 0 Å². The standard InChI is InChI=1S/C6H3N2S/c1-2-9-6-4-8-7-3-5(1)6/h1-2,4H. The third-order valence-corrected chi connectivity index (χ3v) is 1.95. The lowest BCUT2D eigenvalue weighted by atomic mass is 10.4. The fourth-order valence-corrected chi connectivity index (χ4v) is 1.38. The van der Waals surface area contributed by atoms with Gasteiger partial charge in [0.2, 0.25) is 0 Å². The van der Waals surface area contributed by atoms with E-state index in [2.05, 4.69) is 16.4 Å². The van der Waals surface area contributed by atoms with Crippen molar-refractivity contribution in [2.24, 2.45) is 0 Å². The minimum Gasteiger partial charge on any atom is -0.157 e. The molecule has 2 nitrogen and oxygen atoms in total. The Morgan fingerprint density at radius 1 is 1.56 bits per heavy atom. The molecule has 0 N–H and O–H groups in total. The maximum Gasteiger partial charge on any atom is 0.123 e. The fourth-order valence-electron chi connectivity index (χ4n) is 0.677. The van der Waals surface area contributed by atoms with Crippen LogP contribution in [0.3, 0.4) is 0 Å². The van der Waals surface area contributed by atoms with Crippen LogP contribution in [0.1, 0.15) is 0 Å². The molecule has 9 heavy (non-hydrogen) atoms. The van der Waals surface area contributed by atoms with E-state index < -0.39 is 0 Å². The molecule has 0 aromatic carbocycles. The van der Waals surface area contributed by atoms with Crippen LogP contribution in [0.2, 0.25) is 0 Å². The van der Waals surface area contributed by atoms with Crippen molar-refractivity contribution in [1.82, 2.24) is 10.2 Å². The Bertz CT molecular complexity index is 285. The topological polar surface area (TPSA) is 25.8 Å². The largest absolute Gasteiger partial charge is 0.157 e. The summed E-state index contributed by atoms with van der Waals surface area (Å²) in [6, 6.07) is 1.98. The SMILES string of the molecule is [c]1nncc2sccc12. The van der Waals surface area contributed by atoms with Gasteiger partial charge in [-0.05, 0) is 11.4 Å². The maximum absolute atomic E-state index is 3.69. The minimum atomic E-state index is 1.05. The zero-order valence-electron chi connectivity index (χ0n) is 4.53. The number of thiophene rings is 1. The van der Waals surface area contributed by atoms with Gasteiger partial charge in [-0.15, -0.1) is 16.4 Å². The molecule has 0 spiro atoms. The number of hydrogen-bond donors (Lipinski definition) is 0. The molecule has 2 aromatic heterocycles. The average Bonchev–Trinajstić information content (AvgIpc) is 2.33. The fraction of sp³-hybridized carbons (Fsp3) is 0. The van der Waals surface area contributed by atoms with Gasteiger partial charge in [-0.1, -0.05) is 0 Å². The predicted octanol–water partition coefficient (Wildman–Crippen LogP) is 1.49. The molecule has 0 amide bonds. The molecule has 0 atom stereocenters. The van der Waals surface area contributed by atoms with Crippen molar-refractivity contribution in [3.63, 3.8) is 0 Å². The molecule has 0 unspecified atom stereocenters. The zero-order chi connectivity index (χ0) is 6.10. The molecule has 0 aliphatic carbocycles. The van der Waals surface area contributed by atoms with Crippen LogP contribution < -0.4 is 0 Å². The summed E-state index contributed by atoms with van der Waals surface area (Å²) < 4.78 is 1.14. The van der Waals surface area contributed by atoms with Crippen LogP contribution in [0.15, 0.2) is 17.6 Å². The van der Waals surface area contributed by atoms with Crippen molar-refractivity contribution < 1.29 is 0 Å². The molecule has 0 bridgehead atoms. The Kier molecular flexibility index (Phi) is 0.960. The van der Waals surface area contributed by atoms with E-state index in [-0.39, 0.29) is 0 Å². The Morgan fingerprint density at radius 3 is 3.44 bits per heavy atom. The zero-order valence-corrected chi connectivity index (χ0v) is 5.35. The Labute approximate surface area is 56.2 Å². The molecule has 0 aliphatic heterocycles. The van der Waals surface area contributed by atoms with Gasteiger partial charge in [-0.2, -0.15) is 5.10 Å². The van der Waals surface area contributed by atoms with Crippen LogP contribution >= 0.6 is 11.3 Å². The lowest BCUT2D eigenvalue weighted by Crippen LogP contribution is -1.74. The lowest BCUT2D eigenvalue weighted by Gasteiger charge is -1.79. The first-order chi connectivity index (χ1) is 4.47. The summed E-state index contributed by atoms with van der Waals surface area (Å²) in [4.78, 5) is 0. The molecular formula is C6H3N2S. The monoisotopic (exact) mass is 135 g/mol. The van der Waals surface area contributed by atoms with E-state index >= 15 is 0 Å². The van der Waals surface area contributed by atoms with Gasteiger partial charge in [0.1, 0.15) is 6.20 Å². The number of hydrogen-bond acceptors (Lipinski definition) is 3. The maximum atomic E-state index is 3.69. The average molecular weight is 135 g/mol. The van der Waals surface area contributed by atoms with E-state index in [1.54, 1.807) is 17.5 Å². The van der Waals surface area contributed by atoms with E-state index in [0.29, 0.717) is 0 Å². The van der Waals surface area contributed by atoms with Crippen LogP contribution in [0.5, 0.6) is 0 Å². The van der Waals surface area contributed by atoms with Crippen molar-refractivity contribution in [3.8, 4) is 0 Å². The Morgan fingerprint density at radius 2 is 2.56 bits per heavy atom. The predicted molar refractivity (Wildman–Crippen MR) is 36.3 cm³/mol. The molecule has 0 aliphatic rings. The molecule has 2 aromatic rings. The molecule has 1 radical (unpaired) electrons. The van der Waals surface area contributed by atoms with E-state index in [1.165, 1.54) is 0 Å². The summed E-state index contributed by atoms with van der Waals surface area (Å²) in [6.07, 6.45) is 4.53. The van der Waals surface area contributed by atoms with Gasteiger partial charge in [0.15, 0.2) is 0 Å². The second-order valence-corrected chi connectivity index (χ2v) is 2.60. The second kappa shape index (κ2) is 1.77. The Hall–Kier alpha value is -0.960. The third-order valence-electron chi connectivity index (χ3n) is 1.10. The third kappa shape index (κ3) is 0.695. The van der Waals surface area contributed by atoms with E-state index in [4.69, 9.17) is 0 Å². The number of nitrogens with zero attached hydrogens (tertiary/aromatic N) is 2. The van der Waals surface area contributed by atoms with Gasteiger partial charge in [0.25, 0.3) is 0 Å². The van der Waals surface area contributed by atoms with Crippen molar-refractivity contribution in [3.05, 3.63) is 23.8 Å². The van der Waals surface area contributed by atoms with Crippen molar-refractivity contribution in [2.75, 3.05) is 0 Å². The summed E-state index contributed by atoms with van der Waals surface area (Å²) in [5.41, 5.74) is 0. The Balaban J connectivity index is 2.95. The van der Waals surface area contributed by atoms with Gasteiger partial charge < -0.3 is 0 Å². The molecular weight excluding hydrogens is 132 g/mol. The first-order valence-electron chi connectivity index (χ1n) is 2.53. The number of rotatable bonds is 0. The number of fused-ring (bicyclic) bond motifs is 1. The van der Waals surface area contributed by atoms with E-state index in [0.717, 1.165) is 10.1 Å². The first kappa shape index (κ1) is 4.88. The molecule has 0 fully saturated rings. The normalized spacial score (nSPS) is 10.2. The highest BCUT2D eigenvalue weighted by atomic mass is 32.1. The summed E-state index contributed by atoms with van der Waals surface area (Å²) in [6.45, 7) is 0. The van der Waals surface area contributed by atoms with Crippen LogP contribution in [0.25, 0.3) is 10.1 Å². The van der Waals surface area contributed by atoms with Crippen molar-refractivity contribution >= 4 is 21.4 Å². The summed E-state index contributed by atoms with van der Waals surface area (Å²) in [5.74, 6) is 0. The van der Waals surface area contributed by atoms with Crippen LogP contribution in [-0.4, -0.2) is 10.2 Å². The smallest absolute Gasteiger partial charge is 0.123 e. The second-order valence-electron chi connectivity index (χ2n) is 1.65. The van der Waals surface area contributed by atoms with Gasteiger partial charge in [-0.3, -0.25) is 0 Å². The van der Waals surface area contributed by atoms with E-state index in [9.17, 15) is 0 Å². The van der Waals surface area contributed by atoms with Gasteiger partial charge in [0.05, 0.1) is 10.9 Å². The number of aromatic nitrogens is 2. The van der Waals surface area contributed by atoms with Crippen molar-refractivity contribution in [2.45, 2.75) is 0 Å². The molecule has 3 heteroatoms. The van der Waals surface area contributed by atoms with Gasteiger partial charge in [0, 0.05) is 5.39 Å². The molecule has 2 rings (SSSR count). The molecule has 2 heterocycles. The summed E-state index contributed by atoms with van der Waals surface area (Å²) in [7, 11) is 0. The van der Waals surface area contributed by atoms with Crippen LogP contribution in [0.4, 0.5) is 0 Å². The van der Waals surface area contributed by atoms with E-state index in [1.807, 2.05) is 11.4 Å².